The number of methoxy groups -OCH3 is 1. The lowest BCUT2D eigenvalue weighted by Gasteiger charge is -2.30. The molecule has 2 atom stereocenters. The molecule has 4 aromatic rings. The fraction of sp³-hybridized carbons (Fsp3) is 0.310. The van der Waals surface area contributed by atoms with Crippen LogP contribution in [0.2, 0.25) is 5.02 Å². The van der Waals surface area contributed by atoms with Gasteiger partial charge in [0.2, 0.25) is 5.91 Å². The maximum Gasteiger partial charge on any atom is 0.253 e. The first-order valence-electron chi connectivity index (χ1n) is 13.0. The number of hydrogen-bond donors (Lipinski definition) is 3. The van der Waals surface area contributed by atoms with Gasteiger partial charge in [0, 0.05) is 29.7 Å². The zero-order valence-corrected chi connectivity index (χ0v) is 23.0. The molecule has 0 saturated heterocycles. The molecule has 2 aliphatic rings. The van der Waals surface area contributed by atoms with E-state index < -0.39 is 28.6 Å². The third kappa shape index (κ3) is 4.45. The van der Waals surface area contributed by atoms with Gasteiger partial charge in [0.05, 0.1) is 29.9 Å². The molecular weight excluding hydrogens is 553 g/mol. The maximum absolute atomic E-state index is 14.5. The molecule has 12 heteroatoms. The van der Waals surface area contributed by atoms with Crippen molar-refractivity contribution in [3.05, 3.63) is 76.6 Å². The molecule has 1 unspecified atom stereocenters. The van der Waals surface area contributed by atoms with Crippen LogP contribution < -0.4 is 20.5 Å². The molecule has 2 amide bonds. The molecule has 3 aromatic heterocycles. The van der Waals surface area contributed by atoms with E-state index in [1.54, 1.807) is 48.1 Å². The lowest BCUT2D eigenvalue weighted by atomic mass is 9.81. The average molecular weight is 580 g/mol. The number of amides is 2. The summed E-state index contributed by atoms with van der Waals surface area (Å²) in [7, 11) is 1.49. The first kappa shape index (κ1) is 27.0. The number of nitrogens with one attached hydrogen (secondary N) is 1. The Morgan fingerprint density at radius 1 is 1.34 bits per heavy atom. The Morgan fingerprint density at radius 3 is 2.80 bits per heavy atom. The summed E-state index contributed by atoms with van der Waals surface area (Å²) in [4.78, 5) is 34.8. The van der Waals surface area contributed by atoms with Crippen LogP contribution in [-0.4, -0.2) is 51.6 Å². The van der Waals surface area contributed by atoms with E-state index in [0.29, 0.717) is 40.9 Å². The summed E-state index contributed by atoms with van der Waals surface area (Å²) >= 11 is 5.91. The number of imidazole rings is 1. The largest absolute Gasteiger partial charge is 0.493 e. The van der Waals surface area contributed by atoms with E-state index in [4.69, 9.17) is 31.8 Å². The minimum absolute atomic E-state index is 0.0387. The van der Waals surface area contributed by atoms with E-state index in [1.165, 1.54) is 19.2 Å². The molecule has 1 aliphatic carbocycles. The van der Waals surface area contributed by atoms with Crippen LogP contribution in [0.25, 0.3) is 16.9 Å². The number of pyridine rings is 2. The van der Waals surface area contributed by atoms with E-state index in [2.05, 4.69) is 10.3 Å². The van der Waals surface area contributed by atoms with Gasteiger partial charge in [-0.2, -0.15) is 0 Å². The van der Waals surface area contributed by atoms with Crippen molar-refractivity contribution >= 4 is 29.1 Å². The molecule has 4 heterocycles. The van der Waals surface area contributed by atoms with Gasteiger partial charge in [-0.1, -0.05) is 17.7 Å². The molecule has 0 bridgehead atoms. The highest BCUT2D eigenvalue weighted by molar-refractivity contribution is 6.30. The van der Waals surface area contributed by atoms with E-state index >= 15 is 0 Å². The SMILES string of the molecule is COc1cc(C(=O)NCC(O)(c2cc3c(c(-c4ccc(Cl)c(F)c4)n2)OC[C@]3(C)C(N)=O)C2CC2)cn2ccnc12. The Kier molecular flexibility index (Phi) is 6.39. The van der Waals surface area contributed by atoms with Crippen molar-refractivity contribution in [3.8, 4) is 22.8 Å². The summed E-state index contributed by atoms with van der Waals surface area (Å²) in [5.74, 6) is -1.23. The number of nitrogens with zero attached hydrogens (tertiary/aromatic N) is 3. The third-order valence-corrected chi connectivity index (χ3v) is 8.27. The number of halogens is 2. The lowest BCUT2D eigenvalue weighted by molar-refractivity contribution is -0.123. The fourth-order valence-electron chi connectivity index (χ4n) is 5.25. The molecule has 0 radical (unpaired) electrons. The Balaban J connectivity index is 1.41. The molecule has 1 fully saturated rings. The van der Waals surface area contributed by atoms with Crippen molar-refractivity contribution in [2.24, 2.45) is 11.7 Å². The second kappa shape index (κ2) is 9.71. The Bertz CT molecular complexity index is 1720. The minimum Gasteiger partial charge on any atom is -0.493 e. The highest BCUT2D eigenvalue weighted by atomic mass is 35.5. The van der Waals surface area contributed by atoms with Crippen molar-refractivity contribution in [1.82, 2.24) is 19.7 Å². The predicted octanol–water partition coefficient (Wildman–Crippen LogP) is 3.36. The zero-order valence-electron chi connectivity index (χ0n) is 22.3. The number of benzene rings is 1. The number of aromatic nitrogens is 3. The lowest BCUT2D eigenvalue weighted by Crippen LogP contribution is -2.44. The van der Waals surface area contributed by atoms with Gasteiger partial charge in [-0.15, -0.1) is 0 Å². The molecule has 1 aliphatic heterocycles. The summed E-state index contributed by atoms with van der Waals surface area (Å²) in [5.41, 5.74) is 5.06. The standard InChI is InChI=1S/C29H27ClFN5O5/c1-28(27(32)38)14-41-24-18(28)11-22(35-23(24)15-3-6-19(30)20(31)9-15)29(39,17-4-5-17)13-34-26(37)16-10-21(40-2)25-33-7-8-36(25)12-16/h3,6-12,17,39H,4-5,13-14H2,1-2H3,(H2,32,38)(H,34,37)/t28-,29?/m0/s1. The van der Waals surface area contributed by atoms with Crippen LogP contribution >= 0.6 is 11.6 Å². The highest BCUT2D eigenvalue weighted by Gasteiger charge is 2.50. The van der Waals surface area contributed by atoms with Gasteiger partial charge in [-0.25, -0.2) is 14.4 Å². The molecule has 1 aromatic carbocycles. The number of carbonyl (C=O) groups is 2. The van der Waals surface area contributed by atoms with Crippen LogP contribution in [0, 0.1) is 11.7 Å². The second-order valence-electron chi connectivity index (χ2n) is 10.7. The van der Waals surface area contributed by atoms with Gasteiger partial charge in [0.25, 0.3) is 5.91 Å². The Labute approximate surface area is 239 Å². The first-order valence-corrected chi connectivity index (χ1v) is 13.4. The number of carbonyl (C=O) groups excluding carboxylic acids is 2. The number of rotatable bonds is 8. The van der Waals surface area contributed by atoms with Crippen LogP contribution in [-0.2, 0) is 15.8 Å². The van der Waals surface area contributed by atoms with Crippen LogP contribution in [0.15, 0.2) is 48.9 Å². The molecule has 0 spiro atoms. The molecule has 1 saturated carbocycles. The van der Waals surface area contributed by atoms with Crippen molar-refractivity contribution in [1.29, 1.82) is 0 Å². The van der Waals surface area contributed by atoms with Crippen molar-refractivity contribution in [2.75, 3.05) is 20.3 Å². The second-order valence-corrected chi connectivity index (χ2v) is 11.1. The quantitative estimate of drug-likeness (QED) is 0.291. The number of aliphatic hydroxyl groups is 1. The van der Waals surface area contributed by atoms with Crippen LogP contribution in [0.4, 0.5) is 4.39 Å². The molecule has 4 N–H and O–H groups in total. The Hall–Kier alpha value is -4.22. The summed E-state index contributed by atoms with van der Waals surface area (Å²) < 4.78 is 27.4. The predicted molar refractivity (Wildman–Crippen MR) is 147 cm³/mol. The van der Waals surface area contributed by atoms with Gasteiger partial charge >= 0.3 is 0 Å². The van der Waals surface area contributed by atoms with Gasteiger partial charge < -0.3 is 30.0 Å². The van der Waals surface area contributed by atoms with Crippen molar-refractivity contribution in [2.45, 2.75) is 30.8 Å². The number of nitrogens with two attached hydrogens (primary N) is 1. The summed E-state index contributed by atoms with van der Waals surface area (Å²) in [6.45, 7) is 1.44. The summed E-state index contributed by atoms with van der Waals surface area (Å²) in [6.07, 6.45) is 6.32. The number of primary amides is 1. The van der Waals surface area contributed by atoms with Gasteiger partial charge in [-0.3, -0.25) is 9.59 Å². The molecule has 10 nitrogen and oxygen atoms in total. The fourth-order valence-corrected chi connectivity index (χ4v) is 5.36. The molecular formula is C29H27ClFN5O5. The van der Waals surface area contributed by atoms with Crippen LogP contribution in [0.3, 0.4) is 0 Å². The average Bonchev–Trinajstić information content (AvgIpc) is 3.62. The molecule has 6 rings (SSSR count). The molecule has 212 valence electrons. The smallest absolute Gasteiger partial charge is 0.253 e. The highest BCUT2D eigenvalue weighted by Crippen LogP contribution is 2.50. The van der Waals surface area contributed by atoms with E-state index in [-0.39, 0.29) is 41.2 Å². The number of hydrogen-bond acceptors (Lipinski definition) is 7. The van der Waals surface area contributed by atoms with Crippen LogP contribution in [0.1, 0.15) is 41.4 Å². The van der Waals surface area contributed by atoms with Crippen molar-refractivity contribution < 1.29 is 28.6 Å². The monoisotopic (exact) mass is 579 g/mol. The maximum atomic E-state index is 14.5. The van der Waals surface area contributed by atoms with Gasteiger partial charge in [0.1, 0.15) is 34.9 Å². The number of fused-ring (bicyclic) bond motifs is 2. The molecule has 41 heavy (non-hydrogen) atoms. The minimum atomic E-state index is -1.60. The van der Waals surface area contributed by atoms with E-state index in [1.807, 2.05) is 0 Å². The zero-order chi connectivity index (χ0) is 29.1. The van der Waals surface area contributed by atoms with Gasteiger partial charge in [0.15, 0.2) is 11.4 Å². The Morgan fingerprint density at radius 2 is 2.12 bits per heavy atom. The van der Waals surface area contributed by atoms with E-state index in [0.717, 1.165) is 0 Å². The first-order chi connectivity index (χ1) is 19.5. The topological polar surface area (TPSA) is 141 Å². The third-order valence-electron chi connectivity index (χ3n) is 7.96. The van der Waals surface area contributed by atoms with Crippen LogP contribution in [0.5, 0.6) is 11.5 Å². The number of ether oxygens (including phenoxy) is 2. The summed E-state index contributed by atoms with van der Waals surface area (Å²) in [6, 6.07) is 7.38. The summed E-state index contributed by atoms with van der Waals surface area (Å²) in [5, 5.41) is 14.9. The van der Waals surface area contributed by atoms with Crippen molar-refractivity contribution in [3.63, 3.8) is 0 Å². The normalized spacial score (nSPS) is 19.3. The van der Waals surface area contributed by atoms with Gasteiger partial charge in [-0.05, 0) is 49.9 Å². The van der Waals surface area contributed by atoms with E-state index in [9.17, 15) is 19.1 Å².